The van der Waals surface area contributed by atoms with Gasteiger partial charge in [-0.15, -0.1) is 0 Å². The number of hydrogen-bond donors (Lipinski definition) is 4. The first-order valence-electron chi connectivity index (χ1n) is 13.5. The van der Waals surface area contributed by atoms with Crippen molar-refractivity contribution >= 4 is 46.6 Å². The summed E-state index contributed by atoms with van der Waals surface area (Å²) in [5.74, 6) is -1.41. The van der Waals surface area contributed by atoms with E-state index in [9.17, 15) is 24.3 Å². The minimum absolute atomic E-state index is 0.285. The van der Waals surface area contributed by atoms with Crippen LogP contribution in [0.5, 0.6) is 5.75 Å². The number of methoxy groups -OCH3 is 1. The Hall–Kier alpha value is -5.64. The summed E-state index contributed by atoms with van der Waals surface area (Å²) < 4.78 is 5.51. The third kappa shape index (κ3) is 7.76. The Bertz CT molecular complexity index is 1620. The van der Waals surface area contributed by atoms with Crippen LogP contribution in [0.3, 0.4) is 0 Å². The smallest absolute Gasteiger partial charge is 0.323 e. The van der Waals surface area contributed by atoms with Gasteiger partial charge in [0, 0.05) is 29.9 Å². The highest BCUT2D eigenvalue weighted by atomic mass is 16.5. The van der Waals surface area contributed by atoms with Gasteiger partial charge in [-0.2, -0.15) is 0 Å². The lowest BCUT2D eigenvalue weighted by Gasteiger charge is -2.24. The SMILES string of the molecule is COc1cc(N(C(C)=O)c2ccc([C@@H](CC(=O)O)NC(=O)c3ccccc3)cc2)ccc1NC(=O)Nc1ccccc1C. The quantitative estimate of drug-likeness (QED) is 0.174. The van der Waals surface area contributed by atoms with E-state index in [0.29, 0.717) is 39.6 Å². The van der Waals surface area contributed by atoms with Gasteiger partial charge in [0.15, 0.2) is 0 Å². The average molecular weight is 581 g/mol. The molecule has 4 rings (SSSR count). The van der Waals surface area contributed by atoms with Crippen LogP contribution < -0.4 is 25.6 Å². The van der Waals surface area contributed by atoms with Gasteiger partial charge in [-0.05, 0) is 60.5 Å². The minimum atomic E-state index is -1.07. The molecule has 0 fully saturated rings. The average Bonchev–Trinajstić information content (AvgIpc) is 2.99. The van der Waals surface area contributed by atoms with Crippen molar-refractivity contribution in [2.45, 2.75) is 26.3 Å². The molecule has 0 aromatic heterocycles. The Kier molecular flexibility index (Phi) is 9.74. The molecular formula is C33H32N4O6. The van der Waals surface area contributed by atoms with Crippen molar-refractivity contribution in [1.29, 1.82) is 0 Å². The molecule has 0 saturated heterocycles. The summed E-state index contributed by atoms with van der Waals surface area (Å²) in [6.07, 6.45) is -0.322. The van der Waals surface area contributed by atoms with Crippen LogP contribution in [0.1, 0.15) is 40.9 Å². The van der Waals surface area contributed by atoms with E-state index in [1.807, 2.05) is 25.1 Å². The van der Waals surface area contributed by atoms with E-state index < -0.39 is 23.9 Å². The first-order chi connectivity index (χ1) is 20.7. The van der Waals surface area contributed by atoms with E-state index >= 15 is 0 Å². The lowest BCUT2D eigenvalue weighted by molar-refractivity contribution is -0.137. The monoisotopic (exact) mass is 580 g/mol. The van der Waals surface area contributed by atoms with Crippen molar-refractivity contribution in [3.8, 4) is 5.75 Å². The maximum Gasteiger partial charge on any atom is 0.323 e. The molecule has 4 amide bonds. The highest BCUT2D eigenvalue weighted by molar-refractivity contribution is 6.03. The number of carbonyl (C=O) groups is 4. The molecule has 10 heteroatoms. The molecule has 0 bridgehead atoms. The fourth-order valence-electron chi connectivity index (χ4n) is 4.54. The Morgan fingerprint density at radius 2 is 1.44 bits per heavy atom. The Balaban J connectivity index is 1.54. The number of urea groups is 1. The Morgan fingerprint density at radius 1 is 0.814 bits per heavy atom. The second-order valence-electron chi connectivity index (χ2n) is 9.71. The molecule has 1 atom stereocenters. The van der Waals surface area contributed by atoms with Crippen molar-refractivity contribution in [3.63, 3.8) is 0 Å². The summed E-state index contributed by atoms with van der Waals surface area (Å²) in [4.78, 5) is 51.2. The van der Waals surface area contributed by atoms with E-state index in [1.165, 1.54) is 18.9 Å². The predicted octanol–water partition coefficient (Wildman–Crippen LogP) is 6.28. The molecular weight excluding hydrogens is 548 g/mol. The van der Waals surface area contributed by atoms with Gasteiger partial charge in [0.2, 0.25) is 5.91 Å². The van der Waals surface area contributed by atoms with E-state index in [2.05, 4.69) is 16.0 Å². The molecule has 0 aliphatic carbocycles. The molecule has 4 aromatic carbocycles. The molecule has 220 valence electrons. The van der Waals surface area contributed by atoms with Crippen LogP contribution >= 0.6 is 0 Å². The topological polar surface area (TPSA) is 137 Å². The number of carboxylic acid groups (broad SMARTS) is 1. The predicted molar refractivity (Wildman–Crippen MR) is 165 cm³/mol. The maximum absolute atomic E-state index is 12.8. The minimum Gasteiger partial charge on any atom is -0.494 e. The van der Waals surface area contributed by atoms with Crippen LogP contribution in [0.25, 0.3) is 0 Å². The molecule has 0 unspecified atom stereocenters. The summed E-state index contributed by atoms with van der Waals surface area (Å²) in [7, 11) is 1.46. The number of carboxylic acids is 1. The van der Waals surface area contributed by atoms with Gasteiger partial charge in [-0.1, -0.05) is 48.5 Å². The third-order valence-corrected chi connectivity index (χ3v) is 6.67. The van der Waals surface area contributed by atoms with E-state index in [0.717, 1.165) is 5.56 Å². The standard InChI is InChI=1S/C33H32N4O6/c1-21-9-7-8-12-27(21)35-33(42)36-28-18-17-26(19-30(28)43-3)37(22(2)38)25-15-13-23(14-16-25)29(20-31(39)40)34-32(41)24-10-5-4-6-11-24/h4-19,29H,20H2,1-3H3,(H,34,41)(H,39,40)(H2,35,36,42)/t29-/m1/s1. The number of ether oxygens (including phenoxy) is 1. The van der Waals surface area contributed by atoms with E-state index in [1.54, 1.807) is 78.9 Å². The normalized spacial score (nSPS) is 11.1. The largest absolute Gasteiger partial charge is 0.494 e. The fourth-order valence-corrected chi connectivity index (χ4v) is 4.54. The highest BCUT2D eigenvalue weighted by Gasteiger charge is 2.21. The number of para-hydroxylation sites is 1. The number of carbonyl (C=O) groups excluding carboxylic acids is 3. The van der Waals surface area contributed by atoms with Gasteiger partial charge in [-0.3, -0.25) is 19.3 Å². The third-order valence-electron chi connectivity index (χ3n) is 6.67. The molecule has 0 heterocycles. The van der Waals surface area contributed by atoms with Crippen molar-refractivity contribution in [3.05, 3.63) is 114 Å². The summed E-state index contributed by atoms with van der Waals surface area (Å²) in [6, 6.07) is 26.3. The summed E-state index contributed by atoms with van der Waals surface area (Å²) >= 11 is 0. The van der Waals surface area contributed by atoms with Crippen molar-refractivity contribution < 1.29 is 29.0 Å². The zero-order valence-electron chi connectivity index (χ0n) is 24.0. The number of nitrogens with zero attached hydrogens (tertiary/aromatic N) is 1. The molecule has 0 spiro atoms. The summed E-state index contributed by atoms with van der Waals surface area (Å²) in [5.41, 5.74) is 3.97. The number of amides is 4. The van der Waals surface area contributed by atoms with E-state index in [-0.39, 0.29) is 12.3 Å². The maximum atomic E-state index is 12.8. The molecule has 0 saturated carbocycles. The highest BCUT2D eigenvalue weighted by Crippen LogP contribution is 2.34. The van der Waals surface area contributed by atoms with Crippen LogP contribution in [-0.2, 0) is 9.59 Å². The number of benzene rings is 4. The van der Waals surface area contributed by atoms with Crippen LogP contribution in [0.4, 0.5) is 27.5 Å². The number of aliphatic carboxylic acids is 1. The Labute approximate surface area is 249 Å². The van der Waals surface area contributed by atoms with Crippen LogP contribution in [0, 0.1) is 6.92 Å². The second-order valence-corrected chi connectivity index (χ2v) is 9.71. The van der Waals surface area contributed by atoms with Crippen LogP contribution in [0.2, 0.25) is 0 Å². The Morgan fingerprint density at radius 3 is 2.07 bits per heavy atom. The molecule has 4 aromatic rings. The first kappa shape index (κ1) is 30.3. The van der Waals surface area contributed by atoms with Gasteiger partial charge in [-0.25, -0.2) is 4.79 Å². The fraction of sp³-hybridized carbons (Fsp3) is 0.152. The molecule has 0 radical (unpaired) electrons. The van der Waals surface area contributed by atoms with Gasteiger partial charge in [0.25, 0.3) is 5.91 Å². The van der Waals surface area contributed by atoms with Gasteiger partial charge in [0.1, 0.15) is 5.75 Å². The molecule has 43 heavy (non-hydrogen) atoms. The van der Waals surface area contributed by atoms with Gasteiger partial charge >= 0.3 is 12.0 Å². The van der Waals surface area contributed by atoms with Crippen molar-refractivity contribution in [1.82, 2.24) is 5.32 Å². The van der Waals surface area contributed by atoms with Gasteiger partial charge < -0.3 is 25.8 Å². The number of aryl methyl sites for hydroxylation is 1. The zero-order chi connectivity index (χ0) is 30.9. The van der Waals surface area contributed by atoms with Crippen LogP contribution in [0.15, 0.2) is 97.1 Å². The lowest BCUT2D eigenvalue weighted by Crippen LogP contribution is -2.30. The number of nitrogens with one attached hydrogen (secondary N) is 3. The lowest BCUT2D eigenvalue weighted by atomic mass is 10.0. The first-order valence-corrected chi connectivity index (χ1v) is 13.5. The zero-order valence-corrected chi connectivity index (χ0v) is 24.0. The molecule has 0 aliphatic rings. The van der Waals surface area contributed by atoms with Crippen LogP contribution in [-0.4, -0.2) is 36.0 Å². The molecule has 10 nitrogen and oxygen atoms in total. The van der Waals surface area contributed by atoms with Gasteiger partial charge in [0.05, 0.1) is 30.9 Å². The number of rotatable bonds is 10. The second kappa shape index (κ2) is 13.8. The number of anilines is 4. The molecule has 4 N–H and O–H groups in total. The van der Waals surface area contributed by atoms with Crippen molar-refractivity contribution in [2.24, 2.45) is 0 Å². The number of hydrogen-bond acceptors (Lipinski definition) is 5. The molecule has 0 aliphatic heterocycles. The summed E-state index contributed by atoms with van der Waals surface area (Å²) in [5, 5.41) is 17.8. The summed E-state index contributed by atoms with van der Waals surface area (Å²) in [6.45, 7) is 3.30. The van der Waals surface area contributed by atoms with Crippen molar-refractivity contribution in [2.75, 3.05) is 22.6 Å². The van der Waals surface area contributed by atoms with E-state index in [4.69, 9.17) is 4.74 Å².